The maximum atomic E-state index is 12.0. The minimum Gasteiger partial charge on any atom is -0.397 e. The van der Waals surface area contributed by atoms with Crippen LogP contribution in [-0.2, 0) is 6.54 Å². The number of hydrogen-bond donors (Lipinski definition) is 2. The third-order valence-corrected chi connectivity index (χ3v) is 2.86. The Morgan fingerprint density at radius 1 is 1.53 bits per heavy atom. The predicted molar refractivity (Wildman–Crippen MR) is 71.0 cm³/mol. The molecule has 0 fully saturated rings. The molecule has 1 atom stereocenters. The molecule has 0 bridgehead atoms. The third-order valence-electron chi connectivity index (χ3n) is 2.86. The second-order valence-electron chi connectivity index (χ2n) is 4.46. The molecule has 1 aromatic heterocycles. The van der Waals surface area contributed by atoms with E-state index in [9.17, 15) is 4.79 Å². The summed E-state index contributed by atoms with van der Waals surface area (Å²) in [4.78, 5) is 12.0. The number of aryl methyl sites for hydroxylation is 1. The van der Waals surface area contributed by atoms with Gasteiger partial charge in [-0.3, -0.25) is 4.79 Å². The lowest BCUT2D eigenvalue weighted by molar-refractivity contribution is 0.0928. The molecular formula is C13H23N3O. The van der Waals surface area contributed by atoms with Gasteiger partial charge in [0.25, 0.3) is 5.91 Å². The average molecular weight is 237 g/mol. The molecule has 1 unspecified atom stereocenters. The minimum atomic E-state index is -0.0350. The number of nitrogens with zero attached hydrogens (tertiary/aromatic N) is 1. The zero-order chi connectivity index (χ0) is 12.8. The van der Waals surface area contributed by atoms with Crippen LogP contribution in [0.1, 0.15) is 50.5 Å². The first kappa shape index (κ1) is 13.6. The standard InChI is InChI=1S/C13H23N3O/c1-4-6-7-10(3)15-13(17)12-8-11(14)9-16(12)5-2/h8-10H,4-7,14H2,1-3H3,(H,15,17). The lowest BCUT2D eigenvalue weighted by Crippen LogP contribution is -2.33. The van der Waals surface area contributed by atoms with Crippen molar-refractivity contribution in [3.63, 3.8) is 0 Å². The van der Waals surface area contributed by atoms with Gasteiger partial charge in [-0.25, -0.2) is 0 Å². The second kappa shape index (κ2) is 6.33. The molecule has 96 valence electrons. The van der Waals surface area contributed by atoms with Crippen LogP contribution >= 0.6 is 0 Å². The first-order valence-electron chi connectivity index (χ1n) is 6.35. The Hall–Kier alpha value is -1.45. The summed E-state index contributed by atoms with van der Waals surface area (Å²) in [5, 5.41) is 3.00. The monoisotopic (exact) mass is 237 g/mol. The van der Waals surface area contributed by atoms with Gasteiger partial charge < -0.3 is 15.6 Å². The van der Waals surface area contributed by atoms with Gasteiger partial charge in [-0.15, -0.1) is 0 Å². The van der Waals surface area contributed by atoms with Crippen molar-refractivity contribution in [3.8, 4) is 0 Å². The van der Waals surface area contributed by atoms with E-state index in [1.54, 1.807) is 12.3 Å². The molecule has 0 aliphatic rings. The Morgan fingerprint density at radius 3 is 2.82 bits per heavy atom. The summed E-state index contributed by atoms with van der Waals surface area (Å²) in [6.07, 6.45) is 5.10. The number of amides is 1. The normalized spacial score (nSPS) is 12.4. The minimum absolute atomic E-state index is 0.0350. The van der Waals surface area contributed by atoms with Crippen LogP contribution in [0.25, 0.3) is 0 Å². The number of nitrogens with one attached hydrogen (secondary N) is 1. The number of hydrogen-bond acceptors (Lipinski definition) is 2. The van der Waals surface area contributed by atoms with Crippen LogP contribution in [0.3, 0.4) is 0 Å². The molecule has 1 amide bonds. The number of anilines is 1. The highest BCUT2D eigenvalue weighted by atomic mass is 16.2. The van der Waals surface area contributed by atoms with E-state index >= 15 is 0 Å². The first-order chi connectivity index (χ1) is 8.08. The largest absolute Gasteiger partial charge is 0.397 e. The molecule has 17 heavy (non-hydrogen) atoms. The van der Waals surface area contributed by atoms with Crippen LogP contribution in [0.5, 0.6) is 0 Å². The molecule has 3 N–H and O–H groups in total. The second-order valence-corrected chi connectivity index (χ2v) is 4.46. The zero-order valence-electron chi connectivity index (χ0n) is 11.0. The van der Waals surface area contributed by atoms with Gasteiger partial charge >= 0.3 is 0 Å². The highest BCUT2D eigenvalue weighted by Crippen LogP contribution is 2.11. The molecule has 1 aromatic rings. The topological polar surface area (TPSA) is 60.1 Å². The van der Waals surface area contributed by atoms with E-state index in [1.807, 2.05) is 18.4 Å². The molecule has 0 aliphatic carbocycles. The van der Waals surface area contributed by atoms with Crippen LogP contribution in [-0.4, -0.2) is 16.5 Å². The zero-order valence-corrected chi connectivity index (χ0v) is 11.0. The number of carbonyl (C=O) groups excluding carboxylic acids is 1. The van der Waals surface area contributed by atoms with Crippen molar-refractivity contribution in [2.75, 3.05) is 5.73 Å². The summed E-state index contributed by atoms with van der Waals surface area (Å²) in [6, 6.07) is 1.94. The maximum absolute atomic E-state index is 12.0. The van der Waals surface area contributed by atoms with Crippen molar-refractivity contribution in [3.05, 3.63) is 18.0 Å². The number of aromatic nitrogens is 1. The Balaban J connectivity index is 2.62. The van der Waals surface area contributed by atoms with Crippen LogP contribution < -0.4 is 11.1 Å². The van der Waals surface area contributed by atoms with E-state index in [2.05, 4.69) is 12.2 Å². The smallest absolute Gasteiger partial charge is 0.268 e. The van der Waals surface area contributed by atoms with Gasteiger partial charge in [-0.2, -0.15) is 0 Å². The number of carbonyl (C=O) groups is 1. The number of nitrogens with two attached hydrogens (primary N) is 1. The molecule has 4 nitrogen and oxygen atoms in total. The number of unbranched alkanes of at least 4 members (excludes halogenated alkanes) is 1. The third kappa shape index (κ3) is 3.80. The molecule has 1 heterocycles. The van der Waals surface area contributed by atoms with Gasteiger partial charge in [0.05, 0.1) is 5.69 Å². The van der Waals surface area contributed by atoms with Crippen molar-refractivity contribution in [2.45, 2.75) is 52.6 Å². The van der Waals surface area contributed by atoms with Gasteiger partial charge in [0.15, 0.2) is 0 Å². The van der Waals surface area contributed by atoms with Crippen LogP contribution in [0.4, 0.5) is 5.69 Å². The highest BCUT2D eigenvalue weighted by Gasteiger charge is 2.14. The van der Waals surface area contributed by atoms with Crippen molar-refractivity contribution < 1.29 is 4.79 Å². The van der Waals surface area contributed by atoms with Crippen LogP contribution in [0.2, 0.25) is 0 Å². The van der Waals surface area contributed by atoms with E-state index in [-0.39, 0.29) is 11.9 Å². The van der Waals surface area contributed by atoms with E-state index < -0.39 is 0 Å². The van der Waals surface area contributed by atoms with Crippen molar-refractivity contribution >= 4 is 11.6 Å². The molecule has 0 spiro atoms. The van der Waals surface area contributed by atoms with E-state index in [0.29, 0.717) is 11.4 Å². The SMILES string of the molecule is CCCCC(C)NC(=O)c1cc(N)cn1CC. The van der Waals surface area contributed by atoms with Crippen LogP contribution in [0, 0.1) is 0 Å². The number of nitrogen functional groups attached to an aromatic ring is 1. The van der Waals surface area contributed by atoms with Crippen molar-refractivity contribution in [1.82, 2.24) is 9.88 Å². The Labute approximate surface area is 103 Å². The molecule has 1 rings (SSSR count). The molecule has 0 aliphatic heterocycles. The molecule has 0 aromatic carbocycles. The fraction of sp³-hybridized carbons (Fsp3) is 0.615. The molecular weight excluding hydrogens is 214 g/mol. The molecule has 0 saturated heterocycles. The summed E-state index contributed by atoms with van der Waals surface area (Å²) in [7, 11) is 0. The highest BCUT2D eigenvalue weighted by molar-refractivity contribution is 5.94. The van der Waals surface area contributed by atoms with Gasteiger partial charge in [0.1, 0.15) is 5.69 Å². The summed E-state index contributed by atoms with van der Waals surface area (Å²) in [5.74, 6) is -0.0350. The van der Waals surface area contributed by atoms with E-state index in [0.717, 1.165) is 25.8 Å². The average Bonchev–Trinajstić information content (AvgIpc) is 2.67. The Kier molecular flexibility index (Phi) is 5.07. The Morgan fingerprint density at radius 2 is 2.24 bits per heavy atom. The molecule has 4 heteroatoms. The lowest BCUT2D eigenvalue weighted by Gasteiger charge is -2.14. The van der Waals surface area contributed by atoms with Gasteiger partial charge in [0, 0.05) is 18.8 Å². The molecule has 0 radical (unpaired) electrons. The van der Waals surface area contributed by atoms with Crippen molar-refractivity contribution in [2.24, 2.45) is 0 Å². The van der Waals surface area contributed by atoms with E-state index in [1.165, 1.54) is 0 Å². The summed E-state index contributed by atoms with van der Waals surface area (Å²) >= 11 is 0. The maximum Gasteiger partial charge on any atom is 0.268 e. The quantitative estimate of drug-likeness (QED) is 0.798. The van der Waals surface area contributed by atoms with Gasteiger partial charge in [0.2, 0.25) is 0 Å². The summed E-state index contributed by atoms with van der Waals surface area (Å²) in [6.45, 7) is 6.94. The molecule has 0 saturated carbocycles. The van der Waals surface area contributed by atoms with Gasteiger partial charge in [-0.1, -0.05) is 19.8 Å². The Bertz CT molecular complexity index is 371. The van der Waals surface area contributed by atoms with Crippen LogP contribution in [0.15, 0.2) is 12.3 Å². The van der Waals surface area contributed by atoms with E-state index in [4.69, 9.17) is 5.73 Å². The summed E-state index contributed by atoms with van der Waals surface area (Å²) in [5.41, 5.74) is 6.99. The predicted octanol–water partition coefficient (Wildman–Crippen LogP) is 2.40. The van der Waals surface area contributed by atoms with Crippen molar-refractivity contribution in [1.29, 1.82) is 0 Å². The first-order valence-corrected chi connectivity index (χ1v) is 6.35. The fourth-order valence-corrected chi connectivity index (χ4v) is 1.87. The number of rotatable bonds is 6. The lowest BCUT2D eigenvalue weighted by atomic mass is 10.1. The fourth-order valence-electron chi connectivity index (χ4n) is 1.87. The summed E-state index contributed by atoms with van der Waals surface area (Å²) < 4.78 is 1.87. The van der Waals surface area contributed by atoms with Gasteiger partial charge in [-0.05, 0) is 26.3 Å².